The summed E-state index contributed by atoms with van der Waals surface area (Å²) >= 11 is 0. The van der Waals surface area contributed by atoms with Gasteiger partial charge in [0.15, 0.2) is 11.5 Å². The molecule has 4 aromatic rings. The second-order valence-electron chi connectivity index (χ2n) is 8.67. The van der Waals surface area contributed by atoms with Crippen molar-refractivity contribution in [2.45, 2.75) is 38.0 Å². The van der Waals surface area contributed by atoms with E-state index in [4.69, 9.17) is 4.52 Å². The van der Waals surface area contributed by atoms with Gasteiger partial charge in [0.25, 0.3) is 5.69 Å². The molecule has 0 aliphatic heterocycles. The van der Waals surface area contributed by atoms with Gasteiger partial charge in [-0.2, -0.15) is 0 Å². The van der Waals surface area contributed by atoms with Gasteiger partial charge >= 0.3 is 0 Å². The molecule has 0 amide bonds. The van der Waals surface area contributed by atoms with Crippen LogP contribution in [0.25, 0.3) is 16.9 Å². The molecule has 0 unspecified atom stereocenters. The number of benzene rings is 2. The van der Waals surface area contributed by atoms with Gasteiger partial charge in [-0.05, 0) is 37.1 Å². The van der Waals surface area contributed by atoms with Crippen molar-refractivity contribution in [3.05, 3.63) is 87.8 Å². The Kier molecular flexibility index (Phi) is 5.82. The minimum absolute atomic E-state index is 0.0313. The van der Waals surface area contributed by atoms with Crippen molar-refractivity contribution in [1.82, 2.24) is 9.72 Å². The topological polar surface area (TPSA) is 132 Å². The normalized spacial score (nSPS) is 14.2. The van der Waals surface area contributed by atoms with E-state index in [9.17, 15) is 25.1 Å². The van der Waals surface area contributed by atoms with Crippen molar-refractivity contribution in [2.75, 3.05) is 0 Å². The molecule has 0 spiro atoms. The lowest BCUT2D eigenvalue weighted by atomic mass is 9.84. The highest BCUT2D eigenvalue weighted by Gasteiger charge is 2.33. The maximum absolute atomic E-state index is 13.5. The lowest BCUT2D eigenvalue weighted by Crippen LogP contribution is -2.14. The van der Waals surface area contributed by atoms with Gasteiger partial charge in [0.1, 0.15) is 12.0 Å². The van der Waals surface area contributed by atoms with Crippen molar-refractivity contribution in [3.63, 3.8) is 0 Å². The van der Waals surface area contributed by atoms with Crippen LogP contribution in [0.5, 0.6) is 11.6 Å². The van der Waals surface area contributed by atoms with Gasteiger partial charge in [0, 0.05) is 46.6 Å². The van der Waals surface area contributed by atoms with Gasteiger partial charge in [-0.25, -0.2) is 0 Å². The first-order valence-corrected chi connectivity index (χ1v) is 11.4. The molecule has 2 N–H and O–H groups in total. The Morgan fingerprint density at radius 2 is 1.69 bits per heavy atom. The summed E-state index contributed by atoms with van der Waals surface area (Å²) in [5.41, 5.74) is 2.72. The van der Waals surface area contributed by atoms with Crippen molar-refractivity contribution < 1.29 is 24.5 Å². The second-order valence-corrected chi connectivity index (χ2v) is 8.67. The van der Waals surface area contributed by atoms with E-state index in [1.807, 2.05) is 12.1 Å². The van der Waals surface area contributed by atoms with Crippen LogP contribution in [-0.2, 0) is 0 Å². The van der Waals surface area contributed by atoms with Crippen LogP contribution in [0.3, 0.4) is 0 Å². The molecule has 178 valence electrons. The predicted molar refractivity (Wildman–Crippen MR) is 127 cm³/mol. The van der Waals surface area contributed by atoms with Gasteiger partial charge in [-0.15, -0.1) is 0 Å². The van der Waals surface area contributed by atoms with Crippen molar-refractivity contribution in [1.29, 1.82) is 0 Å². The summed E-state index contributed by atoms with van der Waals surface area (Å²) in [5.74, 6) is -1.44. The third-order valence-electron chi connectivity index (χ3n) is 6.58. The van der Waals surface area contributed by atoms with Crippen molar-refractivity contribution >= 4 is 11.5 Å². The SMILES string of the molecule is O=C(c1ccc([N+](=O)[O-])cc1)c1c(O)c(O)n(-c2ccc(-c3ccon3)cc2)c1C1CCCCC1. The van der Waals surface area contributed by atoms with E-state index >= 15 is 0 Å². The number of non-ortho nitro benzene ring substituents is 1. The summed E-state index contributed by atoms with van der Waals surface area (Å²) < 4.78 is 6.44. The molecular weight excluding hydrogens is 450 g/mol. The van der Waals surface area contributed by atoms with Gasteiger partial charge in [-0.3, -0.25) is 19.5 Å². The molecule has 1 aliphatic carbocycles. The largest absolute Gasteiger partial charge is 0.503 e. The first kappa shape index (κ1) is 22.4. The minimum Gasteiger partial charge on any atom is -0.503 e. The summed E-state index contributed by atoms with van der Waals surface area (Å²) in [6.07, 6.45) is 6.17. The summed E-state index contributed by atoms with van der Waals surface area (Å²) in [6.45, 7) is 0. The van der Waals surface area contributed by atoms with E-state index in [2.05, 4.69) is 5.16 Å². The number of aromatic hydroxyl groups is 2. The maximum atomic E-state index is 13.5. The fourth-order valence-corrected chi connectivity index (χ4v) is 4.83. The molecule has 2 heterocycles. The third kappa shape index (κ3) is 4.05. The Bertz CT molecular complexity index is 1370. The Morgan fingerprint density at radius 3 is 2.29 bits per heavy atom. The van der Waals surface area contributed by atoms with Crippen LogP contribution in [0.2, 0.25) is 0 Å². The van der Waals surface area contributed by atoms with Crippen LogP contribution in [-0.4, -0.2) is 30.6 Å². The Balaban J connectivity index is 1.63. The Morgan fingerprint density at radius 1 is 1.00 bits per heavy atom. The summed E-state index contributed by atoms with van der Waals surface area (Å²) in [4.78, 5) is 24.0. The molecular formula is C26H23N3O6. The molecule has 1 saturated carbocycles. The number of hydrogen-bond donors (Lipinski definition) is 2. The highest BCUT2D eigenvalue weighted by molar-refractivity contribution is 6.12. The van der Waals surface area contributed by atoms with Crippen LogP contribution >= 0.6 is 0 Å². The Labute approximate surface area is 200 Å². The molecule has 35 heavy (non-hydrogen) atoms. The van der Waals surface area contributed by atoms with Gasteiger partial charge < -0.3 is 14.7 Å². The van der Waals surface area contributed by atoms with Gasteiger partial charge in [0.2, 0.25) is 5.88 Å². The number of rotatable bonds is 6. The molecule has 0 saturated heterocycles. The van der Waals surface area contributed by atoms with Crippen LogP contribution < -0.4 is 0 Å². The van der Waals surface area contributed by atoms with Crippen LogP contribution in [0, 0.1) is 10.1 Å². The lowest BCUT2D eigenvalue weighted by Gasteiger charge is -2.24. The van der Waals surface area contributed by atoms with Gasteiger partial charge in [0.05, 0.1) is 10.5 Å². The van der Waals surface area contributed by atoms with Crippen LogP contribution in [0.1, 0.15) is 59.6 Å². The number of aromatic nitrogens is 2. The molecule has 2 aromatic carbocycles. The maximum Gasteiger partial charge on any atom is 0.269 e. The number of ketones is 1. The molecule has 0 bridgehead atoms. The van der Waals surface area contributed by atoms with E-state index in [0.717, 1.165) is 37.7 Å². The summed E-state index contributed by atoms with van der Waals surface area (Å²) in [7, 11) is 0. The number of carbonyl (C=O) groups is 1. The zero-order valence-corrected chi connectivity index (χ0v) is 18.8. The Hall–Kier alpha value is -4.40. The van der Waals surface area contributed by atoms with E-state index in [0.29, 0.717) is 17.1 Å². The van der Waals surface area contributed by atoms with E-state index in [1.54, 1.807) is 18.2 Å². The fourth-order valence-electron chi connectivity index (χ4n) is 4.83. The van der Waals surface area contributed by atoms with Crippen molar-refractivity contribution in [3.8, 4) is 28.6 Å². The van der Waals surface area contributed by atoms with Gasteiger partial charge in [-0.1, -0.05) is 36.6 Å². The quantitative estimate of drug-likeness (QED) is 0.208. The second kappa shape index (κ2) is 9.09. The van der Waals surface area contributed by atoms with E-state index in [1.165, 1.54) is 35.1 Å². The molecule has 0 radical (unpaired) electrons. The number of nitrogens with zero attached hydrogens (tertiary/aromatic N) is 3. The van der Waals surface area contributed by atoms with Crippen molar-refractivity contribution in [2.24, 2.45) is 0 Å². The molecule has 0 atom stereocenters. The third-order valence-corrected chi connectivity index (χ3v) is 6.58. The first-order chi connectivity index (χ1) is 17.0. The highest BCUT2D eigenvalue weighted by Crippen LogP contribution is 2.46. The standard InChI is InChI=1S/C26H23N3O6/c30-24(18-8-12-20(13-9-18)29(33)34)22-23(17-4-2-1-3-5-17)28(26(32)25(22)31)19-10-6-16(7-11-19)21-14-15-35-27-21/h6-15,17,31-32H,1-5H2. The molecule has 1 aliphatic rings. The zero-order chi connectivity index (χ0) is 24.5. The molecule has 2 aromatic heterocycles. The van der Waals surface area contributed by atoms with E-state index in [-0.39, 0.29) is 22.7 Å². The average molecular weight is 473 g/mol. The molecule has 9 nitrogen and oxygen atoms in total. The highest BCUT2D eigenvalue weighted by atomic mass is 16.6. The predicted octanol–water partition coefficient (Wildman–Crippen LogP) is 5.73. The number of nitro benzene ring substituents is 1. The van der Waals surface area contributed by atoms with E-state index < -0.39 is 22.3 Å². The number of nitro groups is 1. The average Bonchev–Trinajstić information content (AvgIpc) is 3.52. The zero-order valence-electron chi connectivity index (χ0n) is 18.8. The lowest BCUT2D eigenvalue weighted by molar-refractivity contribution is -0.384. The minimum atomic E-state index is -0.537. The van der Waals surface area contributed by atoms with Crippen LogP contribution in [0.4, 0.5) is 5.69 Å². The molecule has 5 rings (SSSR count). The molecule has 1 fully saturated rings. The van der Waals surface area contributed by atoms with Crippen LogP contribution in [0.15, 0.2) is 65.4 Å². The number of hydrogen-bond acceptors (Lipinski definition) is 7. The first-order valence-electron chi connectivity index (χ1n) is 11.4. The molecule has 9 heteroatoms. The summed E-state index contributed by atoms with van der Waals surface area (Å²) in [5, 5.41) is 36.9. The monoisotopic (exact) mass is 473 g/mol. The number of carbonyl (C=O) groups excluding carboxylic acids is 1. The fraction of sp³-hybridized carbons (Fsp3) is 0.231. The smallest absolute Gasteiger partial charge is 0.269 e. The summed E-state index contributed by atoms with van der Waals surface area (Å²) in [6, 6.07) is 14.2.